The lowest BCUT2D eigenvalue weighted by Gasteiger charge is -2.04. The van der Waals surface area contributed by atoms with Crippen LogP contribution in [0.5, 0.6) is 0 Å². The Morgan fingerprint density at radius 2 is 1.84 bits per heavy atom. The average Bonchev–Trinajstić information content (AvgIpc) is 2.96. The van der Waals surface area contributed by atoms with E-state index in [1.165, 1.54) is 5.56 Å². The molecule has 19 heavy (non-hydrogen) atoms. The van der Waals surface area contributed by atoms with Crippen molar-refractivity contribution in [2.45, 2.75) is 5.75 Å². The third-order valence-electron chi connectivity index (χ3n) is 2.49. The van der Waals surface area contributed by atoms with E-state index in [9.17, 15) is 0 Å². The van der Waals surface area contributed by atoms with E-state index in [0.29, 0.717) is 0 Å². The van der Waals surface area contributed by atoms with Crippen LogP contribution in [0, 0.1) is 0 Å². The highest BCUT2D eigenvalue weighted by Gasteiger charge is 2.15. The molecular formula is C14H11IN2OS. The van der Waals surface area contributed by atoms with Crippen LogP contribution in [0.15, 0.2) is 58.1 Å². The van der Waals surface area contributed by atoms with Crippen LogP contribution in [0.1, 0.15) is 11.1 Å². The summed E-state index contributed by atoms with van der Waals surface area (Å²) in [6, 6.07) is 14.3. The molecule has 1 aromatic carbocycles. The van der Waals surface area contributed by atoms with Crippen molar-refractivity contribution in [3.8, 4) is 0 Å². The lowest BCUT2D eigenvalue weighted by Crippen LogP contribution is -2.05. The number of rotatable bonds is 4. The van der Waals surface area contributed by atoms with Crippen LogP contribution in [0.4, 0.5) is 0 Å². The Labute approximate surface area is 126 Å². The van der Waals surface area contributed by atoms with Gasteiger partial charge in [0, 0.05) is 23.7 Å². The fraction of sp³-hybridized carbons (Fsp3) is 0.0714. The van der Waals surface area contributed by atoms with E-state index in [1.54, 1.807) is 24.2 Å². The van der Waals surface area contributed by atoms with Gasteiger partial charge in [-0.05, 0) is 17.7 Å². The first-order valence-electron chi connectivity index (χ1n) is 5.76. The molecule has 0 unspecified atom stereocenters. The molecule has 0 spiro atoms. The van der Waals surface area contributed by atoms with Gasteiger partial charge in [-0.1, -0.05) is 42.1 Å². The molecule has 1 aliphatic heterocycles. The number of benzene rings is 1. The maximum absolute atomic E-state index is 5.82. The zero-order valence-corrected chi connectivity index (χ0v) is 13.0. The third kappa shape index (κ3) is 3.42. The molecule has 2 heterocycles. The number of ether oxygens (including phenoxy) is 1. The third-order valence-corrected chi connectivity index (χ3v) is 5.97. The molecule has 0 N–H and O–H groups in total. The van der Waals surface area contributed by atoms with Crippen molar-refractivity contribution in [2.24, 2.45) is 3.21 Å². The van der Waals surface area contributed by atoms with Crippen LogP contribution >= 0.6 is 32.8 Å². The normalized spacial score (nSPS) is 14.1. The van der Waals surface area contributed by atoms with Crippen molar-refractivity contribution in [3.63, 3.8) is 0 Å². The molecule has 0 fully saturated rings. The van der Waals surface area contributed by atoms with Crippen LogP contribution < -0.4 is 0 Å². The molecule has 96 valence electrons. The summed E-state index contributed by atoms with van der Waals surface area (Å²) in [6.45, 7) is 0. The number of hydrogen-bond acceptors (Lipinski definition) is 4. The van der Waals surface area contributed by atoms with Gasteiger partial charge in [-0.2, -0.15) is 3.21 Å². The van der Waals surface area contributed by atoms with E-state index in [2.05, 4.69) is 32.5 Å². The van der Waals surface area contributed by atoms with E-state index >= 15 is 0 Å². The van der Waals surface area contributed by atoms with E-state index < -0.39 is 0 Å². The van der Waals surface area contributed by atoms with Gasteiger partial charge < -0.3 is 4.74 Å². The molecule has 2 aromatic rings. The average molecular weight is 382 g/mol. The first-order chi connectivity index (χ1) is 9.42. The lowest BCUT2D eigenvalue weighted by molar-refractivity contribution is 0.583. The number of aromatic nitrogens is 1. The molecule has 0 radical (unpaired) electrons. The van der Waals surface area contributed by atoms with E-state index in [0.717, 1.165) is 20.2 Å². The highest BCUT2D eigenvalue weighted by atomic mass is 127. The first-order valence-corrected chi connectivity index (χ1v) is 8.79. The van der Waals surface area contributed by atoms with Crippen molar-refractivity contribution in [1.29, 1.82) is 0 Å². The van der Waals surface area contributed by atoms with Gasteiger partial charge in [-0.25, -0.2) is 0 Å². The summed E-state index contributed by atoms with van der Waals surface area (Å²) in [4.78, 5) is 4.00. The molecule has 1 aliphatic rings. The summed E-state index contributed by atoms with van der Waals surface area (Å²) in [7, 11) is 0. The first kappa shape index (κ1) is 12.8. The molecular weight excluding hydrogens is 371 g/mol. The van der Waals surface area contributed by atoms with Crippen molar-refractivity contribution < 1.29 is 4.74 Å². The second-order valence-corrected chi connectivity index (χ2v) is 7.45. The molecule has 0 amide bonds. The van der Waals surface area contributed by atoms with Crippen LogP contribution in [0.25, 0.3) is 0 Å². The van der Waals surface area contributed by atoms with Crippen LogP contribution in [0.2, 0.25) is 0 Å². The molecule has 0 atom stereocenters. The minimum atomic E-state index is -0.363. The van der Waals surface area contributed by atoms with Crippen LogP contribution in [0.3, 0.4) is 0 Å². The highest BCUT2D eigenvalue weighted by Crippen LogP contribution is 2.27. The number of hydrogen-bond donors (Lipinski definition) is 0. The largest absolute Gasteiger partial charge is 0.424 e. The Morgan fingerprint density at radius 1 is 1.05 bits per heavy atom. The maximum atomic E-state index is 5.82. The zero-order valence-electron chi connectivity index (χ0n) is 9.99. The van der Waals surface area contributed by atoms with Crippen molar-refractivity contribution in [2.75, 3.05) is 0 Å². The lowest BCUT2D eigenvalue weighted by atomic mass is 10.2. The molecule has 3 rings (SSSR count). The molecule has 3 nitrogen and oxygen atoms in total. The van der Waals surface area contributed by atoms with E-state index in [-0.39, 0.29) is 21.0 Å². The minimum absolute atomic E-state index is 0.363. The topological polar surface area (TPSA) is 34.5 Å². The number of nitrogens with zero attached hydrogens (tertiary/aromatic N) is 2. The fourth-order valence-electron chi connectivity index (χ4n) is 1.55. The van der Waals surface area contributed by atoms with Gasteiger partial charge in [0.05, 0.1) is 21.0 Å². The Hall–Kier alpha value is -1.21. The highest BCUT2D eigenvalue weighted by molar-refractivity contribution is 14.2. The summed E-state index contributed by atoms with van der Waals surface area (Å²) in [5.41, 5.74) is 2.31. The molecule has 0 aliphatic carbocycles. The van der Waals surface area contributed by atoms with E-state index in [1.807, 2.05) is 18.2 Å². The Morgan fingerprint density at radius 3 is 2.63 bits per heavy atom. The Balaban J connectivity index is 1.57. The van der Waals surface area contributed by atoms with Crippen molar-refractivity contribution in [3.05, 3.63) is 66.0 Å². The van der Waals surface area contributed by atoms with Gasteiger partial charge in [0.25, 0.3) is 0 Å². The van der Waals surface area contributed by atoms with Crippen LogP contribution in [-0.2, 0) is 10.5 Å². The standard InChI is InChI=1S/C14H11IN2OS/c1-2-4-11(5-3-1)10-19-14-15-17-13(18-14)12-6-8-16-9-7-12/h1-9H,10H2. The second-order valence-electron chi connectivity index (χ2n) is 3.82. The van der Waals surface area contributed by atoms with Gasteiger partial charge in [0.1, 0.15) is 0 Å². The number of pyridine rings is 1. The number of thioether (sulfide) groups is 1. The van der Waals surface area contributed by atoms with Gasteiger partial charge in [0.2, 0.25) is 8.92 Å². The zero-order chi connectivity index (χ0) is 12.9. The molecule has 0 bridgehead atoms. The maximum Gasteiger partial charge on any atom is 0.233 e. The second kappa shape index (κ2) is 6.29. The van der Waals surface area contributed by atoms with Gasteiger partial charge >= 0.3 is 0 Å². The quantitative estimate of drug-likeness (QED) is 0.756. The number of halogens is 1. The Bertz CT molecular complexity index is 614. The molecule has 0 saturated carbocycles. The van der Waals surface area contributed by atoms with E-state index in [4.69, 9.17) is 4.74 Å². The minimum Gasteiger partial charge on any atom is -0.424 e. The molecule has 1 aromatic heterocycles. The Kier molecular flexibility index (Phi) is 4.24. The predicted molar refractivity (Wildman–Crippen MR) is 88.6 cm³/mol. The summed E-state index contributed by atoms with van der Waals surface area (Å²) in [5, 5.41) is 0. The van der Waals surface area contributed by atoms with Gasteiger partial charge in [0.15, 0.2) is 0 Å². The SMILES string of the molecule is c1ccc(CSC2=IN=C(c3ccncc3)O2)cc1. The smallest absolute Gasteiger partial charge is 0.233 e. The summed E-state index contributed by atoms with van der Waals surface area (Å²) in [5.74, 6) is 1.68. The van der Waals surface area contributed by atoms with Gasteiger partial charge in [-0.15, -0.1) is 0 Å². The summed E-state index contributed by atoms with van der Waals surface area (Å²) < 4.78 is 11.4. The van der Waals surface area contributed by atoms with Crippen molar-refractivity contribution in [1.82, 2.24) is 4.98 Å². The summed E-state index contributed by atoms with van der Waals surface area (Å²) >= 11 is 1.39. The monoisotopic (exact) mass is 382 g/mol. The molecule has 0 saturated heterocycles. The predicted octanol–water partition coefficient (Wildman–Crippen LogP) is 3.76. The van der Waals surface area contributed by atoms with Gasteiger partial charge in [-0.3, -0.25) is 4.98 Å². The van der Waals surface area contributed by atoms with Crippen LogP contribution in [-0.4, -0.2) is 13.9 Å². The molecule has 5 heteroatoms. The van der Waals surface area contributed by atoms with Crippen molar-refractivity contribution >= 4 is 41.7 Å². The summed E-state index contributed by atoms with van der Waals surface area (Å²) in [6.07, 6.45) is 3.52. The fourth-order valence-corrected chi connectivity index (χ4v) is 4.43.